The van der Waals surface area contributed by atoms with E-state index in [1.54, 1.807) is 6.20 Å². The van der Waals surface area contributed by atoms with Crippen LogP contribution in [-0.4, -0.2) is 49.5 Å². The van der Waals surface area contributed by atoms with Gasteiger partial charge >= 0.3 is 0 Å². The number of rotatable bonds is 7. The Labute approximate surface area is 188 Å². The summed E-state index contributed by atoms with van der Waals surface area (Å²) in [5.41, 5.74) is 2.99. The highest BCUT2D eigenvalue weighted by atomic mass is 32.2. The molecule has 4 rings (SSSR count). The third kappa shape index (κ3) is 5.05. The quantitative estimate of drug-likeness (QED) is 0.550. The van der Waals surface area contributed by atoms with Crippen LogP contribution in [0.5, 0.6) is 0 Å². The maximum absolute atomic E-state index is 13.3. The monoisotopic (exact) mass is 455 g/mol. The van der Waals surface area contributed by atoms with E-state index in [-0.39, 0.29) is 10.8 Å². The number of benzene rings is 1. The van der Waals surface area contributed by atoms with E-state index in [2.05, 4.69) is 48.8 Å². The summed E-state index contributed by atoms with van der Waals surface area (Å²) in [4.78, 5) is 12.3. The van der Waals surface area contributed by atoms with Crippen LogP contribution in [0.4, 0.5) is 15.9 Å². The molecule has 0 unspecified atom stereocenters. The summed E-state index contributed by atoms with van der Waals surface area (Å²) in [6.07, 6.45) is 2.61. The normalized spacial score (nSPS) is 16.8. The zero-order valence-corrected chi connectivity index (χ0v) is 18.9. The zero-order chi connectivity index (χ0) is 22.7. The topological polar surface area (TPSA) is 78.4 Å². The molecule has 168 valence electrons. The van der Waals surface area contributed by atoms with E-state index in [1.807, 2.05) is 20.0 Å². The van der Waals surface area contributed by atoms with Crippen LogP contribution < -0.4 is 9.62 Å². The average molecular weight is 456 g/mol. The van der Waals surface area contributed by atoms with Crippen LogP contribution in [0.1, 0.15) is 17.5 Å². The third-order valence-corrected chi connectivity index (χ3v) is 6.96. The minimum absolute atomic E-state index is 0.0879. The van der Waals surface area contributed by atoms with Crippen molar-refractivity contribution in [3.63, 3.8) is 0 Å². The molecular formula is C23H26FN5O2S. The van der Waals surface area contributed by atoms with Crippen molar-refractivity contribution in [1.82, 2.24) is 14.9 Å². The molecule has 1 atom stereocenters. The number of halogens is 1. The SMILES string of the molecule is Cc1cc(S(=O)(=O)Nc2cccc(F)n2)ncc1N(C)[C@H]1CCN(Cc2ccccc2)C1. The van der Waals surface area contributed by atoms with Crippen LogP contribution in [0.15, 0.2) is 65.8 Å². The van der Waals surface area contributed by atoms with Crippen molar-refractivity contribution in [1.29, 1.82) is 0 Å². The number of likely N-dealkylation sites (tertiary alicyclic amines) is 1. The van der Waals surface area contributed by atoms with Crippen molar-refractivity contribution in [2.75, 3.05) is 29.8 Å². The number of aromatic nitrogens is 2. The largest absolute Gasteiger partial charge is 0.369 e. The van der Waals surface area contributed by atoms with Gasteiger partial charge in [0.1, 0.15) is 5.82 Å². The summed E-state index contributed by atoms with van der Waals surface area (Å²) in [5, 5.41) is -0.129. The lowest BCUT2D eigenvalue weighted by Gasteiger charge is -2.28. The average Bonchev–Trinajstić information content (AvgIpc) is 3.22. The molecule has 0 radical (unpaired) electrons. The summed E-state index contributed by atoms with van der Waals surface area (Å²) >= 11 is 0. The Kier molecular flexibility index (Phi) is 6.38. The second kappa shape index (κ2) is 9.22. The van der Waals surface area contributed by atoms with Gasteiger partial charge in [0.15, 0.2) is 5.03 Å². The highest BCUT2D eigenvalue weighted by Gasteiger charge is 2.27. The smallest absolute Gasteiger partial charge is 0.280 e. The maximum atomic E-state index is 13.3. The molecule has 1 saturated heterocycles. The van der Waals surface area contributed by atoms with Gasteiger partial charge in [0.2, 0.25) is 5.95 Å². The van der Waals surface area contributed by atoms with E-state index < -0.39 is 16.0 Å². The molecule has 32 heavy (non-hydrogen) atoms. The van der Waals surface area contributed by atoms with Gasteiger partial charge in [-0.05, 0) is 42.7 Å². The molecule has 1 N–H and O–H groups in total. The van der Waals surface area contributed by atoms with Gasteiger partial charge in [-0.2, -0.15) is 12.8 Å². The van der Waals surface area contributed by atoms with Gasteiger partial charge in [-0.25, -0.2) is 9.97 Å². The third-order valence-electron chi connectivity index (χ3n) is 5.71. The Morgan fingerprint density at radius 1 is 1.19 bits per heavy atom. The fraction of sp³-hybridized carbons (Fsp3) is 0.304. The number of sulfonamides is 1. The van der Waals surface area contributed by atoms with Gasteiger partial charge in [0, 0.05) is 32.7 Å². The van der Waals surface area contributed by atoms with E-state index in [0.717, 1.165) is 43.4 Å². The molecule has 0 amide bonds. The van der Waals surface area contributed by atoms with Crippen LogP contribution in [-0.2, 0) is 16.6 Å². The van der Waals surface area contributed by atoms with Crippen LogP contribution in [0.2, 0.25) is 0 Å². The van der Waals surface area contributed by atoms with Crippen LogP contribution in [0, 0.1) is 12.9 Å². The van der Waals surface area contributed by atoms with E-state index in [1.165, 1.54) is 23.8 Å². The molecule has 1 aromatic carbocycles. The van der Waals surface area contributed by atoms with Gasteiger partial charge in [-0.1, -0.05) is 36.4 Å². The van der Waals surface area contributed by atoms with Crippen molar-refractivity contribution in [3.05, 3.63) is 77.9 Å². The van der Waals surface area contributed by atoms with Crippen LogP contribution in [0.25, 0.3) is 0 Å². The molecule has 0 bridgehead atoms. The molecule has 0 aliphatic carbocycles. The Morgan fingerprint density at radius 2 is 1.97 bits per heavy atom. The second-order valence-electron chi connectivity index (χ2n) is 8.03. The first kappa shape index (κ1) is 22.2. The Morgan fingerprint density at radius 3 is 2.69 bits per heavy atom. The van der Waals surface area contributed by atoms with E-state index >= 15 is 0 Å². The van der Waals surface area contributed by atoms with Crippen LogP contribution >= 0.6 is 0 Å². The van der Waals surface area contributed by atoms with E-state index in [4.69, 9.17) is 0 Å². The predicted octanol–water partition coefficient (Wildman–Crippen LogP) is 3.44. The second-order valence-corrected chi connectivity index (χ2v) is 9.66. The summed E-state index contributed by atoms with van der Waals surface area (Å²) in [7, 11) is -1.96. The molecule has 0 spiro atoms. The van der Waals surface area contributed by atoms with Gasteiger partial charge in [-0.15, -0.1) is 0 Å². The van der Waals surface area contributed by atoms with Gasteiger partial charge < -0.3 is 4.90 Å². The molecule has 3 aromatic rings. The lowest BCUT2D eigenvalue weighted by atomic mass is 10.1. The Hall–Kier alpha value is -3.04. The summed E-state index contributed by atoms with van der Waals surface area (Å²) in [5.74, 6) is -0.848. The molecule has 3 heterocycles. The first-order valence-electron chi connectivity index (χ1n) is 10.4. The van der Waals surface area contributed by atoms with E-state index in [0.29, 0.717) is 6.04 Å². The summed E-state index contributed by atoms with van der Waals surface area (Å²) < 4.78 is 40.9. The lowest BCUT2D eigenvalue weighted by molar-refractivity contribution is 0.326. The van der Waals surface area contributed by atoms with Crippen molar-refractivity contribution in [3.8, 4) is 0 Å². The number of nitrogens with one attached hydrogen (secondary N) is 1. The van der Waals surface area contributed by atoms with Crippen molar-refractivity contribution in [2.45, 2.75) is 31.0 Å². The summed E-state index contributed by atoms with van der Waals surface area (Å²) in [6, 6.07) is 16.2. The van der Waals surface area contributed by atoms with Gasteiger partial charge in [-0.3, -0.25) is 9.62 Å². The number of hydrogen-bond donors (Lipinski definition) is 1. The highest BCUT2D eigenvalue weighted by Crippen LogP contribution is 2.26. The maximum Gasteiger partial charge on any atom is 0.280 e. The highest BCUT2D eigenvalue weighted by molar-refractivity contribution is 7.92. The molecule has 2 aromatic heterocycles. The molecule has 1 aliphatic rings. The van der Waals surface area contributed by atoms with E-state index in [9.17, 15) is 12.8 Å². The molecule has 0 saturated carbocycles. The van der Waals surface area contributed by atoms with Crippen molar-refractivity contribution >= 4 is 21.5 Å². The summed E-state index contributed by atoms with van der Waals surface area (Å²) in [6.45, 7) is 4.72. The van der Waals surface area contributed by atoms with Gasteiger partial charge in [0.25, 0.3) is 10.0 Å². The Bertz CT molecular complexity index is 1190. The molecule has 1 aliphatic heterocycles. The molecular weight excluding hydrogens is 429 g/mol. The number of anilines is 2. The molecule has 9 heteroatoms. The standard InChI is InChI=1S/C23H26FN5O2S/c1-17-13-23(32(30,31)27-22-10-6-9-21(24)26-22)25-14-20(17)28(2)19-11-12-29(16-19)15-18-7-4-3-5-8-18/h3-10,13-14,19H,11-12,15-16H2,1-2H3,(H,26,27)/t19-/m0/s1. The van der Waals surface area contributed by atoms with Crippen LogP contribution in [0.3, 0.4) is 0 Å². The Balaban J connectivity index is 1.44. The molecule has 1 fully saturated rings. The fourth-order valence-corrected chi connectivity index (χ4v) is 5.02. The first-order chi connectivity index (χ1) is 15.3. The zero-order valence-electron chi connectivity index (χ0n) is 18.1. The predicted molar refractivity (Wildman–Crippen MR) is 123 cm³/mol. The van der Waals surface area contributed by atoms with Crippen molar-refractivity contribution in [2.24, 2.45) is 0 Å². The minimum atomic E-state index is -3.97. The van der Waals surface area contributed by atoms with Gasteiger partial charge in [0.05, 0.1) is 11.9 Å². The number of aryl methyl sites for hydroxylation is 1. The number of nitrogens with zero attached hydrogens (tertiary/aromatic N) is 4. The number of pyridine rings is 2. The first-order valence-corrected chi connectivity index (χ1v) is 11.9. The lowest BCUT2D eigenvalue weighted by Crippen LogP contribution is -2.35. The van der Waals surface area contributed by atoms with Crippen molar-refractivity contribution < 1.29 is 12.8 Å². The number of hydrogen-bond acceptors (Lipinski definition) is 6. The minimum Gasteiger partial charge on any atom is -0.369 e. The molecule has 7 nitrogen and oxygen atoms in total. The number of likely N-dealkylation sites (N-methyl/N-ethyl adjacent to an activating group) is 1. The fourth-order valence-electron chi connectivity index (χ4n) is 4.00.